The number of nitrogens with two attached hydrogens (primary N) is 1. The molecule has 23 heavy (non-hydrogen) atoms. The highest BCUT2D eigenvalue weighted by Gasteiger charge is 2.26. The molecule has 2 heterocycles. The first kappa shape index (κ1) is 16.4. The summed E-state index contributed by atoms with van der Waals surface area (Å²) >= 11 is 0. The maximum Gasteiger partial charge on any atom is 0.253 e. The Hall–Kier alpha value is -1.43. The Labute approximate surface area is 138 Å². The van der Waals surface area contributed by atoms with Crippen molar-refractivity contribution in [1.82, 2.24) is 9.80 Å². The summed E-state index contributed by atoms with van der Waals surface area (Å²) < 4.78 is 5.38. The second-order valence-electron chi connectivity index (χ2n) is 6.90. The van der Waals surface area contributed by atoms with Crippen molar-refractivity contribution in [2.75, 3.05) is 39.4 Å². The SMILES string of the molecule is C[C@H]1C[C@H](N)CN(C(=O)c2cccc(CN3CCOCC3)c2)C1. The maximum absolute atomic E-state index is 12.8. The smallest absolute Gasteiger partial charge is 0.253 e. The average molecular weight is 317 g/mol. The van der Waals surface area contributed by atoms with Gasteiger partial charge < -0.3 is 15.4 Å². The lowest BCUT2D eigenvalue weighted by molar-refractivity contribution is 0.0341. The molecule has 0 unspecified atom stereocenters. The van der Waals surface area contributed by atoms with Crippen molar-refractivity contribution in [3.8, 4) is 0 Å². The van der Waals surface area contributed by atoms with Crippen LogP contribution in [-0.2, 0) is 11.3 Å². The quantitative estimate of drug-likeness (QED) is 0.914. The predicted octanol–water partition coefficient (Wildman–Crippen LogP) is 1.33. The van der Waals surface area contributed by atoms with Crippen molar-refractivity contribution in [2.45, 2.75) is 25.9 Å². The van der Waals surface area contributed by atoms with E-state index in [1.54, 1.807) is 0 Å². The van der Waals surface area contributed by atoms with Gasteiger partial charge in [-0.2, -0.15) is 0 Å². The van der Waals surface area contributed by atoms with Gasteiger partial charge in [0.1, 0.15) is 0 Å². The number of hydrogen-bond acceptors (Lipinski definition) is 4. The van der Waals surface area contributed by atoms with E-state index >= 15 is 0 Å². The molecular weight excluding hydrogens is 290 g/mol. The first-order valence-electron chi connectivity index (χ1n) is 8.55. The summed E-state index contributed by atoms with van der Waals surface area (Å²) in [4.78, 5) is 17.0. The van der Waals surface area contributed by atoms with Crippen molar-refractivity contribution in [3.05, 3.63) is 35.4 Å². The molecule has 2 aliphatic rings. The number of nitrogens with zero attached hydrogens (tertiary/aromatic N) is 2. The van der Waals surface area contributed by atoms with E-state index in [0.29, 0.717) is 12.5 Å². The number of amides is 1. The molecule has 0 spiro atoms. The second-order valence-corrected chi connectivity index (χ2v) is 6.90. The Morgan fingerprint density at radius 1 is 1.30 bits per heavy atom. The molecule has 0 aliphatic carbocycles. The van der Waals surface area contributed by atoms with Gasteiger partial charge in [-0.05, 0) is 30.0 Å². The molecule has 2 N–H and O–H groups in total. The molecule has 1 aromatic carbocycles. The lowest BCUT2D eigenvalue weighted by atomic mass is 9.96. The number of rotatable bonds is 3. The molecule has 1 amide bonds. The standard InChI is InChI=1S/C18H27N3O2/c1-14-9-17(19)13-21(11-14)18(22)16-4-2-3-15(10-16)12-20-5-7-23-8-6-20/h2-4,10,14,17H,5-9,11-13,19H2,1H3/t14-,17-/m0/s1. The highest BCUT2D eigenvalue weighted by Crippen LogP contribution is 2.18. The van der Waals surface area contributed by atoms with Gasteiger partial charge in [-0.25, -0.2) is 0 Å². The van der Waals surface area contributed by atoms with Crippen LogP contribution in [0.1, 0.15) is 29.3 Å². The molecule has 1 aromatic rings. The highest BCUT2D eigenvalue weighted by molar-refractivity contribution is 5.94. The van der Waals surface area contributed by atoms with E-state index in [9.17, 15) is 4.79 Å². The van der Waals surface area contributed by atoms with E-state index in [2.05, 4.69) is 17.9 Å². The molecule has 0 bridgehead atoms. The predicted molar refractivity (Wildman–Crippen MR) is 90.2 cm³/mol. The Balaban J connectivity index is 1.67. The molecule has 126 valence electrons. The summed E-state index contributed by atoms with van der Waals surface area (Å²) in [7, 11) is 0. The maximum atomic E-state index is 12.8. The Morgan fingerprint density at radius 3 is 2.83 bits per heavy atom. The lowest BCUT2D eigenvalue weighted by Crippen LogP contribution is -2.48. The fourth-order valence-corrected chi connectivity index (χ4v) is 3.57. The van der Waals surface area contributed by atoms with Crippen LogP contribution in [0.2, 0.25) is 0 Å². The van der Waals surface area contributed by atoms with Crippen molar-refractivity contribution >= 4 is 5.91 Å². The number of ether oxygens (including phenoxy) is 1. The van der Waals surface area contributed by atoms with Gasteiger partial charge >= 0.3 is 0 Å². The van der Waals surface area contributed by atoms with E-state index in [1.165, 1.54) is 5.56 Å². The first-order chi connectivity index (χ1) is 11.1. The third-order valence-electron chi connectivity index (χ3n) is 4.66. The van der Waals surface area contributed by atoms with Gasteiger partial charge in [-0.3, -0.25) is 9.69 Å². The molecule has 0 saturated carbocycles. The van der Waals surface area contributed by atoms with Crippen molar-refractivity contribution in [3.63, 3.8) is 0 Å². The molecule has 2 aliphatic heterocycles. The van der Waals surface area contributed by atoms with Crippen molar-refractivity contribution in [2.24, 2.45) is 11.7 Å². The molecule has 5 nitrogen and oxygen atoms in total. The van der Waals surface area contributed by atoms with Crippen LogP contribution >= 0.6 is 0 Å². The summed E-state index contributed by atoms with van der Waals surface area (Å²) in [6.07, 6.45) is 1.00. The van der Waals surface area contributed by atoms with Crippen LogP contribution in [0.4, 0.5) is 0 Å². The fraction of sp³-hybridized carbons (Fsp3) is 0.611. The van der Waals surface area contributed by atoms with Gasteiger partial charge in [0.2, 0.25) is 0 Å². The van der Waals surface area contributed by atoms with Gasteiger partial charge in [-0.15, -0.1) is 0 Å². The Morgan fingerprint density at radius 2 is 2.09 bits per heavy atom. The lowest BCUT2D eigenvalue weighted by Gasteiger charge is -2.35. The minimum Gasteiger partial charge on any atom is -0.379 e. The number of carbonyl (C=O) groups is 1. The summed E-state index contributed by atoms with van der Waals surface area (Å²) in [5.41, 5.74) is 8.03. The van der Waals surface area contributed by atoms with Crippen LogP contribution in [0.5, 0.6) is 0 Å². The minimum atomic E-state index is 0.0965. The molecule has 0 radical (unpaired) electrons. The third-order valence-corrected chi connectivity index (χ3v) is 4.66. The van der Waals surface area contributed by atoms with E-state index in [0.717, 1.165) is 51.4 Å². The topological polar surface area (TPSA) is 58.8 Å². The summed E-state index contributed by atoms with van der Waals surface area (Å²) in [6.45, 7) is 8.00. The number of morpholine rings is 1. The molecule has 3 rings (SSSR count). The number of benzene rings is 1. The molecule has 0 aromatic heterocycles. The number of hydrogen-bond donors (Lipinski definition) is 1. The molecular formula is C18H27N3O2. The third kappa shape index (κ3) is 4.31. The molecule has 2 saturated heterocycles. The van der Waals surface area contributed by atoms with Gasteiger partial charge in [-0.1, -0.05) is 19.1 Å². The molecule has 5 heteroatoms. The summed E-state index contributed by atoms with van der Waals surface area (Å²) in [5, 5.41) is 0. The zero-order valence-electron chi connectivity index (χ0n) is 13.9. The minimum absolute atomic E-state index is 0.0965. The normalized spacial score (nSPS) is 26.3. The zero-order valence-corrected chi connectivity index (χ0v) is 13.9. The van der Waals surface area contributed by atoms with Crippen LogP contribution in [0.25, 0.3) is 0 Å². The summed E-state index contributed by atoms with van der Waals surface area (Å²) in [5.74, 6) is 0.579. The Kier molecular flexibility index (Phi) is 5.30. The van der Waals surface area contributed by atoms with Gasteiger partial charge in [0.25, 0.3) is 5.91 Å². The van der Waals surface area contributed by atoms with Crippen LogP contribution in [-0.4, -0.2) is 61.1 Å². The van der Waals surface area contributed by atoms with Gasteiger partial charge in [0.15, 0.2) is 0 Å². The van der Waals surface area contributed by atoms with E-state index in [4.69, 9.17) is 10.5 Å². The zero-order chi connectivity index (χ0) is 16.2. The van der Waals surface area contributed by atoms with Gasteiger partial charge in [0.05, 0.1) is 13.2 Å². The highest BCUT2D eigenvalue weighted by atomic mass is 16.5. The first-order valence-corrected chi connectivity index (χ1v) is 8.55. The van der Waals surface area contributed by atoms with E-state index < -0.39 is 0 Å². The van der Waals surface area contributed by atoms with Gasteiger partial charge in [0, 0.05) is 44.3 Å². The second kappa shape index (κ2) is 7.43. The largest absolute Gasteiger partial charge is 0.379 e. The number of likely N-dealkylation sites (tertiary alicyclic amines) is 1. The van der Waals surface area contributed by atoms with E-state index in [1.807, 2.05) is 23.1 Å². The Bertz CT molecular complexity index is 533. The van der Waals surface area contributed by atoms with Crippen LogP contribution in [0.15, 0.2) is 24.3 Å². The van der Waals surface area contributed by atoms with E-state index in [-0.39, 0.29) is 11.9 Å². The van der Waals surface area contributed by atoms with Crippen molar-refractivity contribution in [1.29, 1.82) is 0 Å². The number of piperidine rings is 1. The summed E-state index contributed by atoms with van der Waals surface area (Å²) in [6, 6.07) is 8.12. The average Bonchev–Trinajstić information content (AvgIpc) is 2.54. The number of carbonyl (C=O) groups excluding carboxylic acids is 1. The molecule has 2 atom stereocenters. The van der Waals surface area contributed by atoms with Crippen molar-refractivity contribution < 1.29 is 9.53 Å². The van der Waals surface area contributed by atoms with Crippen LogP contribution in [0.3, 0.4) is 0 Å². The molecule has 2 fully saturated rings. The monoisotopic (exact) mass is 317 g/mol. The fourth-order valence-electron chi connectivity index (χ4n) is 3.57. The van der Waals surface area contributed by atoms with Crippen LogP contribution < -0.4 is 5.73 Å². The van der Waals surface area contributed by atoms with Crippen LogP contribution in [0, 0.1) is 5.92 Å².